The molecule has 10 aromatic rings. The van der Waals surface area contributed by atoms with Crippen molar-refractivity contribution < 1.29 is 4.42 Å². The van der Waals surface area contributed by atoms with Crippen LogP contribution in [0.2, 0.25) is 0 Å². The Morgan fingerprint density at radius 3 is 1.65 bits per heavy atom. The van der Waals surface area contributed by atoms with E-state index in [0.717, 1.165) is 61.1 Å². The number of anilines is 3. The Kier molecular flexibility index (Phi) is 7.85. The zero-order valence-electron chi connectivity index (χ0n) is 29.6. The molecule has 0 bridgehead atoms. The van der Waals surface area contributed by atoms with Crippen LogP contribution in [0.5, 0.6) is 0 Å². The maximum Gasteiger partial charge on any atom is 0.143 e. The summed E-state index contributed by atoms with van der Waals surface area (Å²) < 4.78 is 7.04. The highest BCUT2D eigenvalue weighted by molar-refractivity contribution is 6.26. The topological polar surface area (TPSA) is 16.4 Å². The quantitative estimate of drug-likeness (QED) is 0.166. The molecule has 0 aliphatic heterocycles. The Morgan fingerprint density at radius 2 is 0.907 bits per heavy atom. The van der Waals surface area contributed by atoms with Crippen LogP contribution in [0, 0.1) is 0 Å². The minimum atomic E-state index is 0.849. The summed E-state index contributed by atoms with van der Waals surface area (Å²) >= 11 is 0. The number of hydrogen-bond donors (Lipinski definition) is 0. The third kappa shape index (κ3) is 5.53. The van der Waals surface area contributed by atoms with Crippen LogP contribution in [0.4, 0.5) is 17.1 Å². The minimum absolute atomic E-state index is 0.849. The standard InChI is InChI=1S/C52H35NO/c1-4-16-36(17-5-1)38-30-32-42(33-31-38)53(43-24-14-23-40(34-43)37-18-6-2-7-19-37)48-28-15-29-49-51(48)50-45-26-11-10-22-41(45)35-47(52(50)54-49)46-27-13-12-25-44(46)39-20-8-3-9-21-39/h1-35H. The van der Waals surface area contributed by atoms with Crippen LogP contribution in [0.15, 0.2) is 217 Å². The van der Waals surface area contributed by atoms with Gasteiger partial charge in [0.15, 0.2) is 0 Å². The van der Waals surface area contributed by atoms with Gasteiger partial charge < -0.3 is 9.32 Å². The monoisotopic (exact) mass is 689 g/mol. The van der Waals surface area contributed by atoms with Crippen molar-refractivity contribution >= 4 is 49.8 Å². The van der Waals surface area contributed by atoms with Gasteiger partial charge in [0.2, 0.25) is 0 Å². The molecule has 0 atom stereocenters. The maximum atomic E-state index is 7.04. The van der Waals surface area contributed by atoms with Crippen LogP contribution >= 0.6 is 0 Å². The average molecular weight is 690 g/mol. The second-order valence-corrected chi connectivity index (χ2v) is 13.7. The van der Waals surface area contributed by atoms with E-state index in [-0.39, 0.29) is 0 Å². The third-order valence-electron chi connectivity index (χ3n) is 10.5. The molecule has 0 saturated carbocycles. The van der Waals surface area contributed by atoms with E-state index in [9.17, 15) is 0 Å². The molecule has 9 aromatic carbocycles. The van der Waals surface area contributed by atoms with Crippen LogP contribution in [-0.4, -0.2) is 0 Å². The predicted molar refractivity (Wildman–Crippen MR) is 228 cm³/mol. The number of furan rings is 1. The molecule has 0 amide bonds. The van der Waals surface area contributed by atoms with Crippen molar-refractivity contribution in [2.75, 3.05) is 4.90 Å². The summed E-state index contributed by atoms with van der Waals surface area (Å²) in [6.45, 7) is 0. The van der Waals surface area contributed by atoms with Crippen LogP contribution < -0.4 is 4.90 Å². The predicted octanol–water partition coefficient (Wildman–Crippen LogP) is 14.9. The highest BCUT2D eigenvalue weighted by Crippen LogP contribution is 2.48. The molecule has 0 aliphatic carbocycles. The second kappa shape index (κ2) is 13.4. The summed E-state index contributed by atoms with van der Waals surface area (Å²) in [7, 11) is 0. The highest BCUT2D eigenvalue weighted by Gasteiger charge is 2.24. The van der Waals surface area contributed by atoms with E-state index in [1.807, 2.05) is 0 Å². The Balaban J connectivity index is 1.25. The van der Waals surface area contributed by atoms with Crippen molar-refractivity contribution in [1.82, 2.24) is 0 Å². The first-order chi connectivity index (χ1) is 26.8. The molecule has 1 heterocycles. The van der Waals surface area contributed by atoms with Crippen molar-refractivity contribution in [3.8, 4) is 44.5 Å². The molecule has 0 N–H and O–H groups in total. The SMILES string of the molecule is c1ccc(-c2ccc(N(c3cccc(-c4ccccc4)c3)c3cccc4oc5c(-c6ccccc6-c6ccccc6)cc6ccccc6c5c34)cc2)cc1. The van der Waals surface area contributed by atoms with Gasteiger partial charge in [-0.2, -0.15) is 0 Å². The molecule has 0 unspecified atom stereocenters. The van der Waals surface area contributed by atoms with Gasteiger partial charge >= 0.3 is 0 Å². The summed E-state index contributed by atoms with van der Waals surface area (Å²) in [6.07, 6.45) is 0. The zero-order chi connectivity index (χ0) is 35.8. The fourth-order valence-electron chi connectivity index (χ4n) is 7.94. The van der Waals surface area contributed by atoms with Crippen molar-refractivity contribution in [2.45, 2.75) is 0 Å². The number of nitrogens with zero attached hydrogens (tertiary/aromatic N) is 1. The fraction of sp³-hybridized carbons (Fsp3) is 0. The number of hydrogen-bond acceptors (Lipinski definition) is 2. The summed E-state index contributed by atoms with van der Waals surface area (Å²) in [6, 6.07) is 75.7. The smallest absolute Gasteiger partial charge is 0.143 e. The van der Waals surface area contributed by atoms with E-state index < -0.39 is 0 Å². The van der Waals surface area contributed by atoms with Gasteiger partial charge in [-0.25, -0.2) is 0 Å². The Morgan fingerprint density at radius 1 is 0.333 bits per heavy atom. The van der Waals surface area contributed by atoms with Crippen molar-refractivity contribution in [1.29, 1.82) is 0 Å². The minimum Gasteiger partial charge on any atom is -0.455 e. The molecular weight excluding hydrogens is 655 g/mol. The molecule has 10 rings (SSSR count). The lowest BCUT2D eigenvalue weighted by molar-refractivity contribution is 0.670. The lowest BCUT2D eigenvalue weighted by Gasteiger charge is -2.27. The van der Waals surface area contributed by atoms with Crippen molar-refractivity contribution in [2.24, 2.45) is 0 Å². The van der Waals surface area contributed by atoms with E-state index in [1.165, 1.54) is 33.2 Å². The van der Waals surface area contributed by atoms with Gasteiger partial charge in [0, 0.05) is 22.3 Å². The fourth-order valence-corrected chi connectivity index (χ4v) is 7.94. The van der Waals surface area contributed by atoms with Gasteiger partial charge in [0.25, 0.3) is 0 Å². The van der Waals surface area contributed by atoms with E-state index in [0.29, 0.717) is 0 Å². The van der Waals surface area contributed by atoms with Gasteiger partial charge in [-0.15, -0.1) is 0 Å². The van der Waals surface area contributed by atoms with E-state index in [4.69, 9.17) is 4.42 Å². The largest absolute Gasteiger partial charge is 0.455 e. The first kappa shape index (κ1) is 31.6. The molecule has 0 radical (unpaired) electrons. The molecule has 0 saturated heterocycles. The molecule has 0 fully saturated rings. The van der Waals surface area contributed by atoms with E-state index in [2.05, 4.69) is 217 Å². The molecule has 2 nitrogen and oxygen atoms in total. The van der Waals surface area contributed by atoms with Crippen molar-refractivity contribution in [3.05, 3.63) is 212 Å². The van der Waals surface area contributed by atoms with Gasteiger partial charge in [0.1, 0.15) is 11.2 Å². The molecular formula is C52H35NO. The molecule has 1 aromatic heterocycles. The lowest BCUT2D eigenvalue weighted by atomic mass is 9.91. The van der Waals surface area contributed by atoms with Crippen molar-refractivity contribution in [3.63, 3.8) is 0 Å². The van der Waals surface area contributed by atoms with E-state index >= 15 is 0 Å². The van der Waals surface area contributed by atoms with Gasteiger partial charge in [-0.05, 0) is 92.2 Å². The maximum absolute atomic E-state index is 7.04. The third-order valence-corrected chi connectivity index (χ3v) is 10.5. The normalized spacial score (nSPS) is 11.3. The zero-order valence-corrected chi connectivity index (χ0v) is 29.6. The Labute approximate surface area is 314 Å². The molecule has 2 heteroatoms. The number of rotatable bonds is 7. The molecule has 0 spiro atoms. The Hall–Kier alpha value is -7.16. The molecule has 54 heavy (non-hydrogen) atoms. The van der Waals surface area contributed by atoms with Crippen LogP contribution in [0.3, 0.4) is 0 Å². The first-order valence-corrected chi connectivity index (χ1v) is 18.4. The van der Waals surface area contributed by atoms with E-state index in [1.54, 1.807) is 0 Å². The molecule has 254 valence electrons. The second-order valence-electron chi connectivity index (χ2n) is 13.7. The van der Waals surface area contributed by atoms with Gasteiger partial charge in [0.05, 0.1) is 11.1 Å². The summed E-state index contributed by atoms with van der Waals surface area (Å²) in [5.41, 5.74) is 14.2. The Bertz CT molecular complexity index is 2910. The van der Waals surface area contributed by atoms with Gasteiger partial charge in [-0.1, -0.05) is 170 Å². The van der Waals surface area contributed by atoms with Crippen LogP contribution in [-0.2, 0) is 0 Å². The summed E-state index contributed by atoms with van der Waals surface area (Å²) in [5, 5.41) is 4.53. The highest BCUT2D eigenvalue weighted by atomic mass is 16.3. The summed E-state index contributed by atoms with van der Waals surface area (Å²) in [4.78, 5) is 2.39. The summed E-state index contributed by atoms with van der Waals surface area (Å²) in [5.74, 6) is 0. The van der Waals surface area contributed by atoms with Crippen LogP contribution in [0.1, 0.15) is 0 Å². The van der Waals surface area contributed by atoms with Crippen LogP contribution in [0.25, 0.3) is 77.2 Å². The number of fused-ring (bicyclic) bond motifs is 5. The number of benzene rings is 9. The lowest BCUT2D eigenvalue weighted by Crippen LogP contribution is -2.10. The first-order valence-electron chi connectivity index (χ1n) is 18.4. The average Bonchev–Trinajstić information content (AvgIpc) is 3.66. The molecule has 0 aliphatic rings. The van der Waals surface area contributed by atoms with Gasteiger partial charge in [-0.3, -0.25) is 0 Å².